The summed E-state index contributed by atoms with van der Waals surface area (Å²) in [6.45, 7) is 7.59. The highest BCUT2D eigenvalue weighted by molar-refractivity contribution is 5.89. The van der Waals surface area contributed by atoms with Gasteiger partial charge in [-0.1, -0.05) is 17.7 Å². The van der Waals surface area contributed by atoms with Gasteiger partial charge in [-0.25, -0.2) is 4.79 Å². The summed E-state index contributed by atoms with van der Waals surface area (Å²) in [7, 11) is 0. The van der Waals surface area contributed by atoms with Crippen LogP contribution in [0.2, 0.25) is 0 Å². The maximum absolute atomic E-state index is 12.5. The number of benzene rings is 1. The lowest BCUT2D eigenvalue weighted by atomic mass is 9.93. The first-order chi connectivity index (χ1) is 13.6. The number of urea groups is 1. The van der Waals surface area contributed by atoms with Gasteiger partial charge in [0.2, 0.25) is 5.91 Å². The number of rotatable bonds is 7. The van der Waals surface area contributed by atoms with Gasteiger partial charge in [0.15, 0.2) is 0 Å². The number of piperidine rings is 1. The van der Waals surface area contributed by atoms with Crippen LogP contribution in [0, 0.1) is 12.8 Å². The number of carbonyl (C=O) groups excluding carboxylic acids is 2. The molecule has 0 radical (unpaired) electrons. The van der Waals surface area contributed by atoms with Gasteiger partial charge < -0.3 is 20.4 Å². The molecule has 2 saturated heterocycles. The Hall–Kier alpha value is -2.08. The Morgan fingerprint density at radius 3 is 2.57 bits per heavy atom. The Labute approximate surface area is 168 Å². The van der Waals surface area contributed by atoms with Crippen molar-refractivity contribution in [2.45, 2.75) is 45.4 Å². The van der Waals surface area contributed by atoms with Crippen molar-refractivity contribution in [2.75, 3.05) is 44.6 Å². The largest absolute Gasteiger partial charge is 0.355 e. The van der Waals surface area contributed by atoms with Crippen molar-refractivity contribution in [1.29, 1.82) is 0 Å². The van der Waals surface area contributed by atoms with Crippen LogP contribution in [0.1, 0.15) is 44.1 Å². The summed E-state index contributed by atoms with van der Waals surface area (Å²) in [6.07, 6.45) is 6.06. The maximum atomic E-state index is 12.5. The quantitative estimate of drug-likeness (QED) is 0.756. The molecule has 0 unspecified atom stereocenters. The summed E-state index contributed by atoms with van der Waals surface area (Å²) in [5, 5.41) is 6.03. The SMILES string of the molecule is Cc1ccc(NC(=O)N2CCC[C@@H](CCC(=O)NCCN3CCCC3)C2)cc1. The molecule has 1 aromatic carbocycles. The first-order valence-electron chi connectivity index (χ1n) is 10.7. The Morgan fingerprint density at radius 1 is 1.07 bits per heavy atom. The van der Waals surface area contributed by atoms with Crippen LogP contribution >= 0.6 is 0 Å². The lowest BCUT2D eigenvalue weighted by Gasteiger charge is -2.32. The summed E-state index contributed by atoms with van der Waals surface area (Å²) in [6, 6.07) is 7.82. The van der Waals surface area contributed by atoms with E-state index in [1.807, 2.05) is 36.1 Å². The number of nitrogens with one attached hydrogen (secondary N) is 2. The predicted octanol–water partition coefficient (Wildman–Crippen LogP) is 3.23. The maximum Gasteiger partial charge on any atom is 0.321 e. The first kappa shape index (κ1) is 20.6. The van der Waals surface area contributed by atoms with Crippen LogP contribution in [0.4, 0.5) is 10.5 Å². The second kappa shape index (κ2) is 10.5. The summed E-state index contributed by atoms with van der Waals surface area (Å²) in [5.41, 5.74) is 2.00. The fourth-order valence-corrected chi connectivity index (χ4v) is 4.11. The van der Waals surface area contributed by atoms with Gasteiger partial charge in [0, 0.05) is 38.3 Å². The summed E-state index contributed by atoms with van der Waals surface area (Å²) < 4.78 is 0. The third-order valence-corrected chi connectivity index (χ3v) is 5.84. The van der Waals surface area contributed by atoms with E-state index in [2.05, 4.69) is 15.5 Å². The van der Waals surface area contributed by atoms with Gasteiger partial charge >= 0.3 is 6.03 Å². The lowest BCUT2D eigenvalue weighted by Crippen LogP contribution is -2.42. The minimum atomic E-state index is -0.0383. The Kier molecular flexibility index (Phi) is 7.71. The number of hydrogen-bond acceptors (Lipinski definition) is 3. The smallest absolute Gasteiger partial charge is 0.321 e. The van der Waals surface area contributed by atoms with Crippen molar-refractivity contribution in [3.8, 4) is 0 Å². The fraction of sp³-hybridized carbons (Fsp3) is 0.636. The highest BCUT2D eigenvalue weighted by Crippen LogP contribution is 2.22. The lowest BCUT2D eigenvalue weighted by molar-refractivity contribution is -0.121. The highest BCUT2D eigenvalue weighted by Gasteiger charge is 2.24. The average molecular weight is 387 g/mol. The van der Waals surface area contributed by atoms with Crippen LogP contribution in [-0.4, -0.2) is 61.0 Å². The van der Waals surface area contributed by atoms with E-state index in [4.69, 9.17) is 0 Å². The van der Waals surface area contributed by atoms with Gasteiger partial charge in [0.05, 0.1) is 0 Å². The molecular weight excluding hydrogens is 352 g/mol. The molecule has 2 aliphatic rings. The molecule has 0 bridgehead atoms. The van der Waals surface area contributed by atoms with Gasteiger partial charge in [-0.2, -0.15) is 0 Å². The summed E-state index contributed by atoms with van der Waals surface area (Å²) >= 11 is 0. The van der Waals surface area contributed by atoms with Crippen molar-refractivity contribution in [1.82, 2.24) is 15.1 Å². The molecular formula is C22H34N4O2. The van der Waals surface area contributed by atoms with Crippen molar-refractivity contribution < 1.29 is 9.59 Å². The Morgan fingerprint density at radius 2 is 1.82 bits per heavy atom. The van der Waals surface area contributed by atoms with E-state index in [0.29, 0.717) is 12.3 Å². The van der Waals surface area contributed by atoms with Crippen molar-refractivity contribution in [3.63, 3.8) is 0 Å². The molecule has 1 aromatic rings. The summed E-state index contributed by atoms with van der Waals surface area (Å²) in [5.74, 6) is 0.544. The average Bonchev–Trinajstić information content (AvgIpc) is 3.22. The van der Waals surface area contributed by atoms with E-state index < -0.39 is 0 Å². The van der Waals surface area contributed by atoms with Gasteiger partial charge in [0.1, 0.15) is 0 Å². The van der Waals surface area contributed by atoms with E-state index in [1.165, 1.54) is 31.5 Å². The van der Waals surface area contributed by atoms with Gasteiger partial charge in [0.25, 0.3) is 0 Å². The molecule has 0 aromatic heterocycles. The van der Waals surface area contributed by atoms with E-state index in [1.54, 1.807) is 0 Å². The van der Waals surface area contributed by atoms with E-state index >= 15 is 0 Å². The molecule has 3 rings (SSSR count). The van der Waals surface area contributed by atoms with Crippen LogP contribution in [-0.2, 0) is 4.79 Å². The summed E-state index contributed by atoms with van der Waals surface area (Å²) in [4.78, 5) is 29.0. The minimum Gasteiger partial charge on any atom is -0.355 e. The third-order valence-electron chi connectivity index (χ3n) is 5.84. The zero-order valence-corrected chi connectivity index (χ0v) is 17.1. The molecule has 3 amide bonds. The number of likely N-dealkylation sites (tertiary alicyclic amines) is 2. The number of hydrogen-bond donors (Lipinski definition) is 2. The van der Waals surface area contributed by atoms with Crippen molar-refractivity contribution in [2.24, 2.45) is 5.92 Å². The number of anilines is 1. The number of nitrogens with zero attached hydrogens (tertiary/aromatic N) is 2. The van der Waals surface area contributed by atoms with Crippen molar-refractivity contribution >= 4 is 17.6 Å². The minimum absolute atomic E-state index is 0.0383. The van der Waals surface area contributed by atoms with E-state index in [9.17, 15) is 9.59 Å². The number of amides is 3. The van der Waals surface area contributed by atoms with Crippen LogP contribution in [0.3, 0.4) is 0 Å². The molecule has 6 heteroatoms. The molecule has 1 atom stereocenters. The zero-order valence-electron chi connectivity index (χ0n) is 17.1. The van der Waals surface area contributed by atoms with Gasteiger partial charge in [-0.05, 0) is 70.2 Å². The molecule has 154 valence electrons. The second-order valence-electron chi connectivity index (χ2n) is 8.19. The predicted molar refractivity (Wildman–Crippen MR) is 112 cm³/mol. The van der Waals surface area contributed by atoms with Crippen LogP contribution in [0.25, 0.3) is 0 Å². The molecule has 2 N–H and O–H groups in total. The molecule has 0 saturated carbocycles. The van der Waals surface area contributed by atoms with E-state index in [0.717, 1.165) is 51.1 Å². The normalized spacial score (nSPS) is 20.2. The van der Waals surface area contributed by atoms with Crippen LogP contribution in [0.15, 0.2) is 24.3 Å². The van der Waals surface area contributed by atoms with Gasteiger partial charge in [-0.3, -0.25) is 4.79 Å². The monoisotopic (exact) mass is 386 g/mol. The molecule has 0 aliphatic carbocycles. The zero-order chi connectivity index (χ0) is 19.8. The molecule has 6 nitrogen and oxygen atoms in total. The van der Waals surface area contributed by atoms with Crippen LogP contribution < -0.4 is 10.6 Å². The molecule has 28 heavy (non-hydrogen) atoms. The third kappa shape index (κ3) is 6.51. The Balaban J connectivity index is 1.35. The molecule has 0 spiro atoms. The first-order valence-corrected chi connectivity index (χ1v) is 10.7. The standard InChI is InChI=1S/C22H34N4O2/c1-18-6-9-20(10-7-18)24-22(28)26-15-4-5-19(17-26)8-11-21(27)23-12-16-25-13-2-3-14-25/h6-7,9-10,19H,2-5,8,11-17H2,1H3,(H,23,27)(H,24,28)/t19-/m0/s1. The number of carbonyl (C=O) groups is 2. The highest BCUT2D eigenvalue weighted by atomic mass is 16.2. The Bertz CT molecular complexity index is 640. The topological polar surface area (TPSA) is 64.7 Å². The fourth-order valence-electron chi connectivity index (χ4n) is 4.11. The van der Waals surface area contributed by atoms with E-state index in [-0.39, 0.29) is 11.9 Å². The van der Waals surface area contributed by atoms with Crippen LogP contribution in [0.5, 0.6) is 0 Å². The molecule has 2 fully saturated rings. The van der Waals surface area contributed by atoms with Crippen molar-refractivity contribution in [3.05, 3.63) is 29.8 Å². The number of aryl methyl sites for hydroxylation is 1. The second-order valence-corrected chi connectivity index (χ2v) is 8.19. The van der Waals surface area contributed by atoms with Gasteiger partial charge in [-0.15, -0.1) is 0 Å². The molecule has 2 aliphatic heterocycles. The molecule has 2 heterocycles.